The van der Waals surface area contributed by atoms with Gasteiger partial charge in [0.25, 0.3) is 0 Å². The Balaban J connectivity index is 1.15. The van der Waals surface area contributed by atoms with Gasteiger partial charge in [-0.15, -0.1) is 0 Å². The van der Waals surface area contributed by atoms with Gasteiger partial charge in [-0.25, -0.2) is 0 Å². The highest BCUT2D eigenvalue weighted by molar-refractivity contribution is 7.84. The van der Waals surface area contributed by atoms with E-state index >= 15 is 0 Å². The lowest BCUT2D eigenvalue weighted by atomic mass is 9.52. The summed E-state index contributed by atoms with van der Waals surface area (Å²) in [5.41, 5.74) is 3.62. The molecule has 0 aliphatic heterocycles. The Morgan fingerprint density at radius 2 is 1.61 bits per heavy atom. The quantitative estimate of drug-likeness (QED) is 0.147. The van der Waals surface area contributed by atoms with Crippen molar-refractivity contribution in [1.82, 2.24) is 0 Å². The zero-order valence-electron chi connectivity index (χ0n) is 24.9. The molecule has 3 aliphatic rings. The number of hydrogen-bond donors (Lipinski definition) is 0. The Morgan fingerprint density at radius 3 is 2.32 bits per heavy atom. The Morgan fingerprint density at radius 1 is 0.927 bits per heavy atom. The summed E-state index contributed by atoms with van der Waals surface area (Å²) < 4.78 is 80.2. The lowest BCUT2D eigenvalue weighted by molar-refractivity contribution is -0.284. The van der Waals surface area contributed by atoms with Crippen LogP contribution in [0.15, 0.2) is 18.2 Å². The Labute approximate surface area is 246 Å². The molecule has 0 bridgehead atoms. The van der Waals surface area contributed by atoms with E-state index in [1.54, 1.807) is 12.7 Å². The van der Waals surface area contributed by atoms with Crippen molar-refractivity contribution in [3.63, 3.8) is 0 Å². The van der Waals surface area contributed by atoms with Gasteiger partial charge in [0.2, 0.25) is 0 Å². The number of unbranched alkanes of at least 4 members (excludes halogenated alkanes) is 6. The van der Waals surface area contributed by atoms with Crippen molar-refractivity contribution in [3.05, 3.63) is 29.3 Å². The maximum Gasteiger partial charge on any atom is 0.453 e. The number of methoxy groups -OCH3 is 1. The van der Waals surface area contributed by atoms with Crippen LogP contribution in [0, 0.1) is 23.2 Å². The molecule has 2 fully saturated rings. The van der Waals surface area contributed by atoms with Crippen LogP contribution in [0.3, 0.4) is 0 Å². The van der Waals surface area contributed by atoms with Gasteiger partial charge in [-0.05, 0) is 104 Å². The fraction of sp³-hybridized carbons (Fsp3) is 0.818. The first-order valence-electron chi connectivity index (χ1n) is 15.9. The molecular weight excluding hydrogens is 555 g/mol. The number of benzene rings is 1. The van der Waals surface area contributed by atoms with Gasteiger partial charge in [-0.3, -0.25) is 4.21 Å². The molecule has 0 heterocycles. The van der Waals surface area contributed by atoms with Crippen molar-refractivity contribution in [2.45, 2.75) is 128 Å². The van der Waals surface area contributed by atoms with E-state index in [1.165, 1.54) is 69.8 Å². The van der Waals surface area contributed by atoms with Crippen molar-refractivity contribution in [2.24, 2.45) is 23.2 Å². The van der Waals surface area contributed by atoms with Crippen LogP contribution in [0.4, 0.5) is 22.0 Å². The minimum Gasteiger partial charge on any atom is -0.497 e. The monoisotopic (exact) mass is 604 g/mol. The van der Waals surface area contributed by atoms with E-state index in [9.17, 15) is 26.2 Å². The van der Waals surface area contributed by atoms with Crippen LogP contribution >= 0.6 is 0 Å². The zero-order chi connectivity index (χ0) is 29.7. The predicted molar refractivity (Wildman–Crippen MR) is 156 cm³/mol. The first-order chi connectivity index (χ1) is 19.4. The van der Waals surface area contributed by atoms with Gasteiger partial charge in [0.15, 0.2) is 0 Å². The van der Waals surface area contributed by atoms with Crippen molar-refractivity contribution < 1.29 is 30.9 Å². The second-order valence-corrected chi connectivity index (χ2v) is 15.0. The summed E-state index contributed by atoms with van der Waals surface area (Å²) in [6, 6.07) is 6.78. The highest BCUT2D eigenvalue weighted by Crippen LogP contribution is 2.62. The fourth-order valence-electron chi connectivity index (χ4n) is 8.42. The normalized spacial score (nSPS) is 28.6. The standard InChI is InChI=1S/C33H49F5O2S/c1-31-17-10-13-29(31)30-24(22-25-23-26(40-2)14-15-27(25)28(30)16-19-31)12-8-6-4-3-5-7-9-20-41(39)21-11-18-32(34,35)33(36,37)38/h14-15,23-24,28-30H,3-13,16-22H2,1-2H3/t24-,28-,29+,30-,31+,41?/m1/s1. The molecule has 0 amide bonds. The summed E-state index contributed by atoms with van der Waals surface area (Å²) in [5, 5.41) is 0. The largest absolute Gasteiger partial charge is 0.497 e. The van der Waals surface area contributed by atoms with E-state index in [0.29, 0.717) is 17.1 Å². The molecule has 0 aromatic heterocycles. The molecule has 2 saturated carbocycles. The van der Waals surface area contributed by atoms with Crippen LogP contribution in [-0.2, 0) is 17.2 Å². The van der Waals surface area contributed by atoms with E-state index < -0.39 is 29.3 Å². The molecule has 4 rings (SSSR count). The summed E-state index contributed by atoms with van der Waals surface area (Å²) in [5.74, 6) is -0.340. The van der Waals surface area contributed by atoms with Crippen molar-refractivity contribution >= 4 is 10.8 Å². The third-order valence-corrected chi connectivity index (χ3v) is 12.1. The third-order valence-electron chi connectivity index (χ3n) is 10.6. The lowest BCUT2D eigenvalue weighted by Crippen LogP contribution is -2.44. The molecule has 41 heavy (non-hydrogen) atoms. The molecule has 0 spiro atoms. The maximum absolute atomic E-state index is 13.0. The zero-order valence-corrected chi connectivity index (χ0v) is 25.7. The molecule has 0 saturated heterocycles. The average Bonchev–Trinajstić information content (AvgIpc) is 3.32. The second-order valence-electron chi connectivity index (χ2n) is 13.3. The van der Waals surface area contributed by atoms with Crippen molar-refractivity contribution in [2.75, 3.05) is 18.6 Å². The van der Waals surface area contributed by atoms with Crippen LogP contribution in [0.2, 0.25) is 0 Å². The third kappa shape index (κ3) is 8.06. The summed E-state index contributed by atoms with van der Waals surface area (Å²) in [6.07, 6.45) is 9.61. The van der Waals surface area contributed by atoms with Gasteiger partial charge in [0, 0.05) is 28.7 Å². The molecule has 0 radical (unpaired) electrons. The van der Waals surface area contributed by atoms with E-state index in [0.717, 1.165) is 49.2 Å². The van der Waals surface area contributed by atoms with Crippen molar-refractivity contribution in [3.8, 4) is 5.75 Å². The minimum absolute atomic E-state index is 0.0913. The van der Waals surface area contributed by atoms with E-state index in [-0.39, 0.29) is 12.2 Å². The minimum atomic E-state index is -5.53. The summed E-state index contributed by atoms with van der Waals surface area (Å²) >= 11 is 0. The molecule has 0 N–H and O–H groups in total. The van der Waals surface area contributed by atoms with Crippen molar-refractivity contribution in [1.29, 1.82) is 0 Å². The summed E-state index contributed by atoms with van der Waals surface area (Å²) in [4.78, 5) is 0. The smallest absolute Gasteiger partial charge is 0.453 e. The average molecular weight is 605 g/mol. The Kier molecular flexibility index (Phi) is 11.2. The summed E-state index contributed by atoms with van der Waals surface area (Å²) in [7, 11) is 0.421. The Hall–Kier alpha value is -1.18. The highest BCUT2D eigenvalue weighted by atomic mass is 32.2. The van der Waals surface area contributed by atoms with Gasteiger partial charge in [-0.2, -0.15) is 22.0 Å². The molecule has 1 unspecified atom stereocenters. The SMILES string of the molecule is COc1ccc2c(c1)C[C@@H](CCCCCCCCCS(=O)CCCC(F)(F)C(F)(F)F)[C@@H]1[C@@H]2CC[C@]2(C)CCC[C@@H]12. The molecule has 8 heteroatoms. The number of rotatable bonds is 15. The van der Waals surface area contributed by atoms with E-state index in [1.807, 2.05) is 0 Å². The van der Waals surface area contributed by atoms with Gasteiger partial charge < -0.3 is 4.74 Å². The van der Waals surface area contributed by atoms with Gasteiger partial charge in [0.1, 0.15) is 5.75 Å². The molecule has 6 atom stereocenters. The second kappa shape index (κ2) is 14.1. The van der Waals surface area contributed by atoms with E-state index in [2.05, 4.69) is 25.1 Å². The first kappa shape index (κ1) is 32.7. The number of hydrogen-bond acceptors (Lipinski definition) is 2. The fourth-order valence-corrected chi connectivity index (χ4v) is 9.61. The molecule has 234 valence electrons. The number of fused-ring (bicyclic) bond motifs is 5. The topological polar surface area (TPSA) is 26.3 Å². The summed E-state index contributed by atoms with van der Waals surface area (Å²) in [6.45, 7) is 2.56. The number of ether oxygens (including phenoxy) is 1. The number of alkyl halides is 5. The van der Waals surface area contributed by atoms with Gasteiger partial charge in [0.05, 0.1) is 7.11 Å². The number of halogens is 5. The van der Waals surface area contributed by atoms with Crippen LogP contribution < -0.4 is 4.74 Å². The van der Waals surface area contributed by atoms with E-state index in [4.69, 9.17) is 4.74 Å². The molecule has 1 aromatic carbocycles. The van der Waals surface area contributed by atoms with Crippen LogP contribution in [0.25, 0.3) is 0 Å². The van der Waals surface area contributed by atoms with Crippen LogP contribution in [-0.4, -0.2) is 34.9 Å². The highest BCUT2D eigenvalue weighted by Gasteiger charge is 2.56. The van der Waals surface area contributed by atoms with Crippen LogP contribution in [0.1, 0.15) is 120 Å². The van der Waals surface area contributed by atoms with Crippen LogP contribution in [0.5, 0.6) is 5.75 Å². The predicted octanol–water partition coefficient (Wildman–Crippen LogP) is 10.0. The molecule has 2 nitrogen and oxygen atoms in total. The first-order valence-corrected chi connectivity index (χ1v) is 17.4. The molecular formula is C33H49F5O2S. The molecule has 3 aliphatic carbocycles. The maximum atomic E-state index is 13.0. The Bertz CT molecular complexity index is 1010. The molecule has 1 aromatic rings. The lowest BCUT2D eigenvalue weighted by Gasteiger charge is -2.52. The van der Waals surface area contributed by atoms with Gasteiger partial charge >= 0.3 is 12.1 Å². The van der Waals surface area contributed by atoms with Gasteiger partial charge in [-0.1, -0.05) is 57.9 Å².